The fraction of sp³-hybridized carbons (Fsp3) is 0.318. The minimum Gasteiger partial charge on any atom is -0.495 e. The van der Waals surface area contributed by atoms with Gasteiger partial charge in [-0.15, -0.1) is 12.4 Å². The predicted molar refractivity (Wildman–Crippen MR) is 122 cm³/mol. The van der Waals surface area contributed by atoms with Crippen LogP contribution in [0.2, 0.25) is 0 Å². The third-order valence-corrected chi connectivity index (χ3v) is 4.19. The monoisotopic (exact) mass is 437 g/mol. The predicted octanol–water partition coefficient (Wildman–Crippen LogP) is 4.09. The van der Waals surface area contributed by atoms with Crippen molar-refractivity contribution in [2.24, 2.45) is 0 Å². The number of aromatic nitrogens is 1. The van der Waals surface area contributed by atoms with Crippen molar-refractivity contribution in [1.82, 2.24) is 10.3 Å². The lowest BCUT2D eigenvalue weighted by molar-refractivity contribution is -0.110. The smallest absolute Gasteiger partial charge is 0.256 e. The fourth-order valence-electron chi connectivity index (χ4n) is 2.95. The van der Waals surface area contributed by atoms with Gasteiger partial charge in [0, 0.05) is 36.1 Å². The van der Waals surface area contributed by atoms with Crippen molar-refractivity contribution in [3.8, 4) is 5.75 Å². The molecule has 1 atom stereocenters. The van der Waals surface area contributed by atoms with Crippen molar-refractivity contribution in [1.29, 1.82) is 0 Å². The summed E-state index contributed by atoms with van der Waals surface area (Å²) in [5.41, 5.74) is 2.41. The highest BCUT2D eigenvalue weighted by Crippen LogP contribution is 2.38. The number of aromatic amines is 1. The van der Waals surface area contributed by atoms with E-state index in [2.05, 4.69) is 15.6 Å². The highest BCUT2D eigenvalue weighted by Gasteiger charge is 2.28. The first-order chi connectivity index (χ1) is 14.0. The zero-order chi connectivity index (χ0) is 21.4. The average Bonchev–Trinajstić information content (AvgIpc) is 3.29. The Labute approximate surface area is 182 Å². The summed E-state index contributed by atoms with van der Waals surface area (Å²) in [6.07, 6.45) is 6.31. The van der Waals surface area contributed by atoms with E-state index in [-0.39, 0.29) is 18.3 Å². The van der Waals surface area contributed by atoms with Gasteiger partial charge < -0.3 is 25.5 Å². The lowest BCUT2D eigenvalue weighted by Gasteiger charge is -2.07. The molecular weight excluding hydrogens is 409 g/mol. The number of nitrogens with one attached hydrogen (secondary N) is 3. The molecule has 8 heteroatoms. The number of benzene rings is 1. The number of hydrogen-bond donors (Lipinski definition) is 4. The maximum absolute atomic E-state index is 14.5. The lowest BCUT2D eigenvalue weighted by atomic mass is 9.98. The molecule has 2 aromatic rings. The number of fused-ring (bicyclic) bond motifs is 1. The number of carbonyl (C=O) groups excluding carboxylic acids is 1. The summed E-state index contributed by atoms with van der Waals surface area (Å²) in [5.74, 6) is -0.116. The van der Waals surface area contributed by atoms with Gasteiger partial charge in [0.1, 0.15) is 11.6 Å². The van der Waals surface area contributed by atoms with Crippen LogP contribution in [0.1, 0.15) is 37.6 Å². The second kappa shape index (κ2) is 12.2. The number of amides is 1. The summed E-state index contributed by atoms with van der Waals surface area (Å²) in [6, 6.07) is 4.64. The molecule has 0 spiro atoms. The average molecular weight is 438 g/mol. The fourth-order valence-corrected chi connectivity index (χ4v) is 2.95. The molecule has 1 aliphatic rings. The van der Waals surface area contributed by atoms with E-state index >= 15 is 0 Å². The number of H-pyrrole nitrogens is 1. The molecule has 4 N–H and O–H groups in total. The van der Waals surface area contributed by atoms with Crippen LogP contribution in [0.5, 0.6) is 5.75 Å². The van der Waals surface area contributed by atoms with Crippen molar-refractivity contribution in [2.75, 3.05) is 25.5 Å². The molecule has 1 amide bonds. The number of aliphatic hydroxyl groups excluding tert-OH is 1. The summed E-state index contributed by atoms with van der Waals surface area (Å²) < 4.78 is 19.8. The summed E-state index contributed by atoms with van der Waals surface area (Å²) in [7, 11) is 1.54. The van der Waals surface area contributed by atoms with Crippen molar-refractivity contribution in [3.05, 3.63) is 53.1 Å². The van der Waals surface area contributed by atoms with Crippen molar-refractivity contribution >= 4 is 41.7 Å². The molecule has 0 aliphatic carbocycles. The normalized spacial score (nSPS) is 14.6. The molecule has 0 radical (unpaired) electrons. The van der Waals surface area contributed by atoms with Gasteiger partial charge >= 0.3 is 0 Å². The van der Waals surface area contributed by atoms with Crippen LogP contribution in [0.3, 0.4) is 0 Å². The molecular formula is C22H29ClFN3O3. The van der Waals surface area contributed by atoms with Gasteiger partial charge in [0.2, 0.25) is 0 Å². The van der Waals surface area contributed by atoms with Gasteiger partial charge in [-0.05, 0) is 31.2 Å². The van der Waals surface area contributed by atoms with Crippen LogP contribution < -0.4 is 15.4 Å². The number of methoxy groups -OCH3 is 1. The Hall–Kier alpha value is -2.61. The van der Waals surface area contributed by atoms with E-state index in [9.17, 15) is 14.3 Å². The van der Waals surface area contributed by atoms with Crippen molar-refractivity contribution in [3.63, 3.8) is 0 Å². The van der Waals surface area contributed by atoms with Gasteiger partial charge in [-0.1, -0.05) is 26.0 Å². The standard InChI is InChI=1S/C20H22FN3O3.C2H6.ClH/c1-12(25)11-22-8-3-4-13-15(21)5-6-16-19(13)14(20(26)24-16)10-17-18(27-2)7-9-23-17;1-2;/h3-7,9-10,12,22-23,25H,8,11H2,1-2H3,(H,24,26);1-2H3;1H/b4-3?,14-10-;;. The van der Waals surface area contributed by atoms with Crippen LogP contribution in [-0.2, 0) is 4.79 Å². The molecule has 0 saturated carbocycles. The first-order valence-corrected chi connectivity index (χ1v) is 9.64. The van der Waals surface area contributed by atoms with Crippen LogP contribution in [0.25, 0.3) is 17.7 Å². The Morgan fingerprint density at radius 2 is 2.03 bits per heavy atom. The zero-order valence-corrected chi connectivity index (χ0v) is 18.4. The lowest BCUT2D eigenvalue weighted by Crippen LogP contribution is -2.24. The topological polar surface area (TPSA) is 86.4 Å². The van der Waals surface area contributed by atoms with E-state index in [1.165, 1.54) is 6.07 Å². The van der Waals surface area contributed by atoms with Crippen LogP contribution >= 0.6 is 12.4 Å². The Morgan fingerprint density at radius 3 is 2.70 bits per heavy atom. The quantitative estimate of drug-likeness (QED) is 0.388. The summed E-state index contributed by atoms with van der Waals surface area (Å²) >= 11 is 0. The maximum atomic E-state index is 14.5. The van der Waals surface area contributed by atoms with Gasteiger partial charge in [-0.3, -0.25) is 4.79 Å². The van der Waals surface area contributed by atoms with Crippen LogP contribution in [0.15, 0.2) is 30.5 Å². The van der Waals surface area contributed by atoms with Gasteiger partial charge in [-0.2, -0.15) is 0 Å². The van der Waals surface area contributed by atoms with E-state index in [0.717, 1.165) is 0 Å². The molecule has 2 heterocycles. The number of halogens is 2. The second-order valence-electron chi connectivity index (χ2n) is 6.27. The van der Waals surface area contributed by atoms with Gasteiger partial charge in [-0.25, -0.2) is 4.39 Å². The van der Waals surface area contributed by atoms with Crippen LogP contribution in [0, 0.1) is 5.82 Å². The largest absolute Gasteiger partial charge is 0.495 e. The van der Waals surface area contributed by atoms with E-state index in [1.54, 1.807) is 50.6 Å². The Bertz CT molecular complexity index is 907. The molecule has 0 fully saturated rings. The number of rotatable bonds is 7. The van der Waals surface area contributed by atoms with Crippen molar-refractivity contribution in [2.45, 2.75) is 26.9 Å². The van der Waals surface area contributed by atoms with E-state index in [0.29, 0.717) is 46.9 Å². The molecule has 30 heavy (non-hydrogen) atoms. The molecule has 1 aromatic heterocycles. The number of ether oxygens (including phenoxy) is 1. The molecule has 1 unspecified atom stereocenters. The van der Waals surface area contributed by atoms with Gasteiger partial charge in [0.05, 0.1) is 24.5 Å². The first-order valence-electron chi connectivity index (χ1n) is 9.64. The summed E-state index contributed by atoms with van der Waals surface area (Å²) in [4.78, 5) is 15.5. The van der Waals surface area contributed by atoms with Crippen LogP contribution in [-0.4, -0.2) is 42.3 Å². The van der Waals surface area contributed by atoms with Crippen LogP contribution in [0.4, 0.5) is 10.1 Å². The second-order valence-corrected chi connectivity index (χ2v) is 6.27. The number of anilines is 1. The van der Waals surface area contributed by atoms with Crippen molar-refractivity contribution < 1.29 is 19.0 Å². The summed E-state index contributed by atoms with van der Waals surface area (Å²) in [5, 5.41) is 15.1. The molecule has 164 valence electrons. The Morgan fingerprint density at radius 1 is 1.30 bits per heavy atom. The highest BCUT2D eigenvalue weighted by molar-refractivity contribution is 6.35. The molecule has 3 rings (SSSR count). The highest BCUT2D eigenvalue weighted by atomic mass is 35.5. The number of aliphatic hydroxyl groups is 1. The minimum atomic E-state index is -0.455. The Kier molecular flexibility index (Phi) is 10.3. The zero-order valence-electron chi connectivity index (χ0n) is 17.6. The van der Waals surface area contributed by atoms with E-state index < -0.39 is 11.9 Å². The first kappa shape index (κ1) is 25.4. The summed E-state index contributed by atoms with van der Waals surface area (Å²) in [6.45, 7) is 6.60. The molecule has 0 bridgehead atoms. The van der Waals surface area contributed by atoms with E-state index in [1.807, 2.05) is 13.8 Å². The third-order valence-electron chi connectivity index (χ3n) is 4.19. The molecule has 6 nitrogen and oxygen atoms in total. The molecule has 1 aliphatic heterocycles. The minimum absolute atomic E-state index is 0. The third kappa shape index (κ3) is 5.95. The van der Waals surface area contributed by atoms with Gasteiger partial charge in [0.15, 0.2) is 0 Å². The molecule has 1 aromatic carbocycles. The molecule has 0 saturated heterocycles. The maximum Gasteiger partial charge on any atom is 0.256 e. The van der Waals surface area contributed by atoms with Gasteiger partial charge in [0.25, 0.3) is 5.91 Å². The Balaban J connectivity index is 0.00000146. The van der Waals surface area contributed by atoms with E-state index in [4.69, 9.17) is 4.74 Å². The number of carbonyl (C=O) groups is 1. The SMILES string of the molecule is CC.COc1cc[nH]c1/C=C1\C(=O)Nc2ccc(F)c(C=CCNCC(C)O)c21.Cl. The number of hydrogen-bond acceptors (Lipinski definition) is 4.